The molecule has 0 bridgehead atoms. The van der Waals surface area contributed by atoms with Gasteiger partial charge in [-0.2, -0.15) is 0 Å². The molecule has 1 aromatic heterocycles. The van der Waals surface area contributed by atoms with Gasteiger partial charge in [-0.3, -0.25) is 19.5 Å². The first-order valence-electron chi connectivity index (χ1n) is 10.2. The highest BCUT2D eigenvalue weighted by atomic mass is 35.5. The Morgan fingerprint density at radius 1 is 1.15 bits per heavy atom. The third kappa shape index (κ3) is 4.15. The van der Waals surface area contributed by atoms with Crippen molar-refractivity contribution in [2.45, 2.75) is 13.0 Å². The third-order valence-corrected chi connectivity index (χ3v) is 5.61. The molecular weight excluding hydrogens is 444 g/mol. The number of anilines is 1. The van der Waals surface area contributed by atoms with Crippen molar-refractivity contribution >= 4 is 34.7 Å². The quantitative estimate of drug-likeness (QED) is 0.321. The normalized spacial score (nSPS) is 17.3. The van der Waals surface area contributed by atoms with Gasteiger partial charge in [-0.25, -0.2) is 0 Å². The van der Waals surface area contributed by atoms with Gasteiger partial charge in [0.05, 0.1) is 30.4 Å². The van der Waals surface area contributed by atoms with Crippen LogP contribution in [0.2, 0.25) is 5.02 Å². The molecule has 2 heterocycles. The van der Waals surface area contributed by atoms with Gasteiger partial charge in [-0.15, -0.1) is 0 Å². The molecule has 33 heavy (non-hydrogen) atoms. The number of rotatable bonds is 6. The number of aromatic nitrogens is 1. The summed E-state index contributed by atoms with van der Waals surface area (Å²) in [6.45, 7) is 2.19. The average Bonchev–Trinajstić information content (AvgIpc) is 3.11. The second-order valence-electron chi connectivity index (χ2n) is 7.23. The predicted molar refractivity (Wildman–Crippen MR) is 125 cm³/mol. The SMILES string of the molecule is CCOc1cc(/C(O)=C2/C(=O)C(=O)N(c3ccc(OC)cc3)C2c2cccnc2)ccc1Cl. The van der Waals surface area contributed by atoms with Crippen LogP contribution >= 0.6 is 11.6 Å². The van der Waals surface area contributed by atoms with Crippen molar-refractivity contribution in [3.63, 3.8) is 0 Å². The van der Waals surface area contributed by atoms with Crippen LogP contribution in [0.1, 0.15) is 24.1 Å². The van der Waals surface area contributed by atoms with Crippen molar-refractivity contribution in [2.75, 3.05) is 18.6 Å². The lowest BCUT2D eigenvalue weighted by Crippen LogP contribution is -2.29. The number of methoxy groups -OCH3 is 1. The Hall–Kier alpha value is -3.84. The lowest BCUT2D eigenvalue weighted by Gasteiger charge is -2.25. The summed E-state index contributed by atoms with van der Waals surface area (Å²) in [5.74, 6) is -0.904. The van der Waals surface area contributed by atoms with Crippen molar-refractivity contribution < 1.29 is 24.2 Å². The molecule has 1 unspecified atom stereocenters. The van der Waals surface area contributed by atoms with E-state index in [2.05, 4.69) is 4.98 Å². The number of carbonyl (C=O) groups excluding carboxylic acids is 2. The van der Waals surface area contributed by atoms with Gasteiger partial charge >= 0.3 is 0 Å². The van der Waals surface area contributed by atoms with Gasteiger partial charge in [0.2, 0.25) is 0 Å². The van der Waals surface area contributed by atoms with E-state index in [1.807, 2.05) is 6.92 Å². The van der Waals surface area contributed by atoms with Crippen LogP contribution in [0.5, 0.6) is 11.5 Å². The number of carbonyl (C=O) groups is 2. The Kier molecular flexibility index (Phi) is 6.33. The maximum Gasteiger partial charge on any atom is 0.300 e. The fraction of sp³-hybridized carbons (Fsp3) is 0.160. The Morgan fingerprint density at radius 3 is 2.55 bits per heavy atom. The maximum absolute atomic E-state index is 13.2. The van der Waals surface area contributed by atoms with Crippen molar-refractivity contribution in [3.8, 4) is 11.5 Å². The van der Waals surface area contributed by atoms with Crippen LogP contribution in [-0.4, -0.2) is 35.5 Å². The molecule has 1 atom stereocenters. The Labute approximate surface area is 195 Å². The zero-order valence-electron chi connectivity index (χ0n) is 18.0. The van der Waals surface area contributed by atoms with E-state index >= 15 is 0 Å². The van der Waals surface area contributed by atoms with E-state index in [9.17, 15) is 14.7 Å². The Morgan fingerprint density at radius 2 is 1.91 bits per heavy atom. The van der Waals surface area contributed by atoms with Gasteiger partial charge in [0.15, 0.2) is 0 Å². The van der Waals surface area contributed by atoms with Gasteiger partial charge in [0, 0.05) is 23.6 Å². The van der Waals surface area contributed by atoms with Crippen molar-refractivity contribution in [1.29, 1.82) is 0 Å². The topological polar surface area (TPSA) is 89.0 Å². The summed E-state index contributed by atoms with van der Waals surface area (Å²) in [7, 11) is 1.54. The maximum atomic E-state index is 13.2. The summed E-state index contributed by atoms with van der Waals surface area (Å²) >= 11 is 6.17. The zero-order chi connectivity index (χ0) is 23.5. The number of Topliss-reactive ketones (excluding diaryl/α,β-unsaturated/α-hetero) is 1. The number of nitrogens with zero attached hydrogens (tertiary/aromatic N) is 2. The molecule has 0 aliphatic carbocycles. The van der Waals surface area contributed by atoms with Gasteiger partial charge in [0.1, 0.15) is 17.3 Å². The number of aliphatic hydroxyl groups is 1. The molecule has 168 valence electrons. The first kappa shape index (κ1) is 22.4. The van der Waals surface area contributed by atoms with Gasteiger partial charge < -0.3 is 14.6 Å². The fourth-order valence-corrected chi connectivity index (χ4v) is 3.94. The van der Waals surface area contributed by atoms with Crippen LogP contribution in [0.4, 0.5) is 5.69 Å². The number of ketones is 1. The van der Waals surface area contributed by atoms with E-state index in [1.54, 1.807) is 74.1 Å². The second kappa shape index (κ2) is 9.34. The first-order valence-corrected chi connectivity index (χ1v) is 10.6. The molecule has 1 amide bonds. The molecule has 3 aromatic rings. The molecule has 0 spiro atoms. The number of aliphatic hydroxyl groups excluding tert-OH is 1. The lowest BCUT2D eigenvalue weighted by atomic mass is 9.96. The van der Waals surface area contributed by atoms with Crippen LogP contribution < -0.4 is 14.4 Å². The smallest absolute Gasteiger partial charge is 0.300 e. The van der Waals surface area contributed by atoms with Gasteiger partial charge in [0.25, 0.3) is 11.7 Å². The standard InChI is InChI=1S/C25H21ClN2O5/c1-3-33-20-13-15(6-11-19(20)26)23(29)21-22(16-5-4-12-27-14-16)28(25(31)24(21)30)17-7-9-18(32-2)10-8-17/h4-14,22,29H,3H2,1-2H3/b23-21-. The highest BCUT2D eigenvalue weighted by Crippen LogP contribution is 2.42. The predicted octanol–water partition coefficient (Wildman–Crippen LogP) is 4.77. The Bertz CT molecular complexity index is 1230. The molecule has 7 nitrogen and oxygen atoms in total. The molecule has 1 aliphatic rings. The van der Waals surface area contributed by atoms with Crippen LogP contribution in [0.3, 0.4) is 0 Å². The molecule has 1 N–H and O–H groups in total. The van der Waals surface area contributed by atoms with Crippen molar-refractivity contribution in [2.24, 2.45) is 0 Å². The summed E-state index contributed by atoms with van der Waals surface area (Å²) in [6.07, 6.45) is 3.16. The number of hydrogen-bond donors (Lipinski definition) is 1. The van der Waals surface area contributed by atoms with Crippen LogP contribution in [-0.2, 0) is 9.59 Å². The highest BCUT2D eigenvalue weighted by molar-refractivity contribution is 6.51. The number of amides is 1. The second-order valence-corrected chi connectivity index (χ2v) is 7.64. The Balaban J connectivity index is 1.90. The minimum atomic E-state index is -0.877. The van der Waals surface area contributed by atoms with Crippen LogP contribution in [0.15, 0.2) is 72.6 Å². The molecule has 1 saturated heterocycles. The van der Waals surface area contributed by atoms with Gasteiger partial charge in [-0.1, -0.05) is 17.7 Å². The minimum Gasteiger partial charge on any atom is -0.507 e. The van der Waals surface area contributed by atoms with Gasteiger partial charge in [-0.05, 0) is 61.0 Å². The number of hydrogen-bond acceptors (Lipinski definition) is 6. The first-order chi connectivity index (χ1) is 16.0. The van der Waals surface area contributed by atoms with E-state index in [0.29, 0.717) is 39.9 Å². The number of benzene rings is 2. The zero-order valence-corrected chi connectivity index (χ0v) is 18.7. The fourth-order valence-electron chi connectivity index (χ4n) is 3.77. The van der Waals surface area contributed by atoms with E-state index in [0.717, 1.165) is 0 Å². The van der Waals surface area contributed by atoms with E-state index < -0.39 is 17.7 Å². The molecule has 1 aliphatic heterocycles. The molecule has 8 heteroatoms. The average molecular weight is 465 g/mol. The summed E-state index contributed by atoms with van der Waals surface area (Å²) in [5, 5.41) is 11.6. The summed E-state index contributed by atoms with van der Waals surface area (Å²) in [4.78, 5) is 31.8. The third-order valence-electron chi connectivity index (χ3n) is 5.30. The van der Waals surface area contributed by atoms with E-state index in [1.165, 1.54) is 4.90 Å². The number of halogens is 1. The van der Waals surface area contributed by atoms with E-state index in [4.69, 9.17) is 21.1 Å². The summed E-state index contributed by atoms with van der Waals surface area (Å²) in [5.41, 5.74) is 1.32. The molecule has 2 aromatic carbocycles. The van der Waals surface area contributed by atoms with E-state index in [-0.39, 0.29) is 11.3 Å². The highest BCUT2D eigenvalue weighted by Gasteiger charge is 2.47. The number of ether oxygens (including phenoxy) is 2. The number of pyridine rings is 1. The summed E-state index contributed by atoms with van der Waals surface area (Å²) < 4.78 is 10.7. The molecule has 0 saturated carbocycles. The molecule has 1 fully saturated rings. The van der Waals surface area contributed by atoms with Crippen molar-refractivity contribution in [3.05, 3.63) is 88.7 Å². The lowest BCUT2D eigenvalue weighted by molar-refractivity contribution is -0.132. The molecular formula is C25H21ClN2O5. The molecule has 4 rings (SSSR count). The largest absolute Gasteiger partial charge is 0.507 e. The van der Waals surface area contributed by atoms with Crippen molar-refractivity contribution in [1.82, 2.24) is 4.98 Å². The minimum absolute atomic E-state index is 0.0476. The van der Waals surface area contributed by atoms with Crippen LogP contribution in [0.25, 0.3) is 5.76 Å². The summed E-state index contributed by atoms with van der Waals surface area (Å²) in [6, 6.07) is 14.0. The van der Waals surface area contributed by atoms with Crippen LogP contribution in [0, 0.1) is 0 Å². The monoisotopic (exact) mass is 464 g/mol. The molecule has 0 radical (unpaired) electrons.